The van der Waals surface area contributed by atoms with Crippen LogP contribution in [-0.4, -0.2) is 15.5 Å². The van der Waals surface area contributed by atoms with E-state index in [0.29, 0.717) is 10.9 Å². The first-order valence-corrected chi connectivity index (χ1v) is 6.80. The first-order chi connectivity index (χ1) is 6.69. The summed E-state index contributed by atoms with van der Waals surface area (Å²) in [6.45, 7) is 0. The molecule has 0 heterocycles. The largest absolute Gasteiger partial charge is 0.478 e. The van der Waals surface area contributed by atoms with E-state index in [1.54, 1.807) is 6.07 Å². The molecule has 1 aromatic rings. The summed E-state index contributed by atoms with van der Waals surface area (Å²) >= 11 is 5.61. The fourth-order valence-electron chi connectivity index (χ4n) is 1.23. The van der Waals surface area contributed by atoms with Crippen LogP contribution in [0, 0.1) is 0 Å². The zero-order valence-electron chi connectivity index (χ0n) is 7.46. The highest BCUT2D eigenvalue weighted by Gasteiger charge is 2.09. The highest BCUT2D eigenvalue weighted by Crippen LogP contribution is 2.16. The average molecular weight is 369 g/mol. The SMILES string of the molecule is O=C(O)c1ccc(CCI)cc1CBr. The van der Waals surface area contributed by atoms with Gasteiger partial charge >= 0.3 is 5.97 Å². The van der Waals surface area contributed by atoms with Crippen LogP contribution in [0.3, 0.4) is 0 Å². The lowest BCUT2D eigenvalue weighted by Crippen LogP contribution is -2.02. The molecule has 0 saturated carbocycles. The van der Waals surface area contributed by atoms with Crippen molar-refractivity contribution in [3.63, 3.8) is 0 Å². The quantitative estimate of drug-likeness (QED) is 0.654. The maximum absolute atomic E-state index is 10.8. The van der Waals surface area contributed by atoms with Crippen LogP contribution in [-0.2, 0) is 11.8 Å². The third-order valence-electron chi connectivity index (χ3n) is 1.93. The van der Waals surface area contributed by atoms with Crippen molar-refractivity contribution >= 4 is 44.5 Å². The molecule has 1 aromatic carbocycles. The molecule has 0 saturated heterocycles. The van der Waals surface area contributed by atoms with Crippen molar-refractivity contribution in [3.8, 4) is 0 Å². The van der Waals surface area contributed by atoms with E-state index in [-0.39, 0.29) is 0 Å². The average Bonchev–Trinajstić information content (AvgIpc) is 2.17. The summed E-state index contributed by atoms with van der Waals surface area (Å²) in [6.07, 6.45) is 0.987. The Morgan fingerprint density at radius 3 is 2.71 bits per heavy atom. The first-order valence-electron chi connectivity index (χ1n) is 4.16. The molecule has 76 valence electrons. The predicted octanol–water partition coefficient (Wildman–Crippen LogP) is 3.26. The first kappa shape index (κ1) is 12.0. The molecule has 0 spiro atoms. The number of hydrogen-bond donors (Lipinski definition) is 1. The van der Waals surface area contributed by atoms with Crippen LogP contribution in [0.15, 0.2) is 18.2 Å². The maximum atomic E-state index is 10.8. The molecule has 0 aromatic heterocycles. The molecular weight excluding hydrogens is 359 g/mol. The molecule has 0 aliphatic carbocycles. The summed E-state index contributed by atoms with van der Waals surface area (Å²) in [5.74, 6) is -0.861. The molecule has 0 atom stereocenters. The van der Waals surface area contributed by atoms with Crippen molar-refractivity contribution in [1.29, 1.82) is 0 Å². The Balaban J connectivity index is 3.05. The van der Waals surface area contributed by atoms with Crippen LogP contribution in [0.1, 0.15) is 21.5 Å². The van der Waals surface area contributed by atoms with Gasteiger partial charge in [-0.25, -0.2) is 4.79 Å². The standard InChI is InChI=1S/C10H10BrIO2/c11-6-8-5-7(3-4-12)1-2-9(8)10(13)14/h1-2,5H,3-4,6H2,(H,13,14). The van der Waals surface area contributed by atoms with Gasteiger partial charge in [-0.2, -0.15) is 0 Å². The van der Waals surface area contributed by atoms with Crippen molar-refractivity contribution in [2.75, 3.05) is 4.43 Å². The number of rotatable bonds is 4. The van der Waals surface area contributed by atoms with Crippen LogP contribution >= 0.6 is 38.5 Å². The summed E-state index contributed by atoms with van der Waals surface area (Å²) in [5.41, 5.74) is 2.43. The van der Waals surface area contributed by atoms with Gasteiger partial charge in [0.15, 0.2) is 0 Å². The normalized spacial score (nSPS) is 10.1. The van der Waals surface area contributed by atoms with Gasteiger partial charge in [-0.15, -0.1) is 0 Å². The van der Waals surface area contributed by atoms with E-state index in [1.807, 2.05) is 12.1 Å². The Kier molecular flexibility index (Phi) is 4.88. The van der Waals surface area contributed by atoms with Gasteiger partial charge in [-0.1, -0.05) is 50.7 Å². The van der Waals surface area contributed by atoms with E-state index in [4.69, 9.17) is 5.11 Å². The number of halogens is 2. The summed E-state index contributed by atoms with van der Waals surface area (Å²) in [7, 11) is 0. The van der Waals surface area contributed by atoms with Gasteiger partial charge in [0.2, 0.25) is 0 Å². The van der Waals surface area contributed by atoms with Crippen molar-refractivity contribution in [1.82, 2.24) is 0 Å². The van der Waals surface area contributed by atoms with Crippen LogP contribution in [0.5, 0.6) is 0 Å². The fourth-order valence-corrected chi connectivity index (χ4v) is 2.32. The summed E-state index contributed by atoms with van der Waals surface area (Å²) in [6, 6.07) is 5.52. The van der Waals surface area contributed by atoms with Crippen molar-refractivity contribution in [2.45, 2.75) is 11.8 Å². The molecule has 2 nitrogen and oxygen atoms in total. The van der Waals surface area contributed by atoms with Gasteiger partial charge in [-0.3, -0.25) is 0 Å². The Hall–Kier alpha value is -0.100. The minimum Gasteiger partial charge on any atom is -0.478 e. The second kappa shape index (κ2) is 5.70. The van der Waals surface area contributed by atoms with Crippen molar-refractivity contribution in [3.05, 3.63) is 34.9 Å². The van der Waals surface area contributed by atoms with E-state index < -0.39 is 5.97 Å². The second-order valence-corrected chi connectivity index (χ2v) is 4.51. The van der Waals surface area contributed by atoms with E-state index in [2.05, 4.69) is 38.5 Å². The summed E-state index contributed by atoms with van der Waals surface area (Å²) in [4.78, 5) is 10.8. The maximum Gasteiger partial charge on any atom is 0.335 e. The number of carboxylic acid groups (broad SMARTS) is 1. The molecule has 1 N–H and O–H groups in total. The number of carboxylic acids is 1. The van der Waals surface area contributed by atoms with Crippen LogP contribution in [0.25, 0.3) is 0 Å². The molecule has 0 aliphatic heterocycles. The van der Waals surface area contributed by atoms with Crippen LogP contribution in [0.2, 0.25) is 0 Å². The fraction of sp³-hybridized carbons (Fsp3) is 0.300. The monoisotopic (exact) mass is 368 g/mol. The zero-order valence-corrected chi connectivity index (χ0v) is 11.2. The molecule has 0 aliphatic rings. The Bertz CT molecular complexity index is 339. The van der Waals surface area contributed by atoms with E-state index in [0.717, 1.165) is 16.4 Å². The lowest BCUT2D eigenvalue weighted by Gasteiger charge is -2.05. The number of benzene rings is 1. The van der Waals surface area contributed by atoms with E-state index in [1.165, 1.54) is 5.56 Å². The topological polar surface area (TPSA) is 37.3 Å². The summed E-state index contributed by atoms with van der Waals surface area (Å²) < 4.78 is 1.05. The molecule has 0 fully saturated rings. The third-order valence-corrected chi connectivity index (χ3v) is 3.07. The highest BCUT2D eigenvalue weighted by atomic mass is 127. The molecule has 0 unspecified atom stereocenters. The minimum atomic E-state index is -0.861. The van der Waals surface area contributed by atoms with Gasteiger partial charge in [0, 0.05) is 9.76 Å². The number of alkyl halides is 2. The van der Waals surface area contributed by atoms with Gasteiger partial charge in [0.05, 0.1) is 5.56 Å². The van der Waals surface area contributed by atoms with E-state index >= 15 is 0 Å². The van der Waals surface area contributed by atoms with Gasteiger partial charge in [-0.05, 0) is 23.6 Å². The highest BCUT2D eigenvalue weighted by molar-refractivity contribution is 14.1. The molecule has 1 rings (SSSR count). The molecule has 0 bridgehead atoms. The lowest BCUT2D eigenvalue weighted by atomic mass is 10.0. The zero-order chi connectivity index (χ0) is 10.6. The lowest BCUT2D eigenvalue weighted by molar-refractivity contribution is 0.0696. The second-order valence-electron chi connectivity index (χ2n) is 2.87. The van der Waals surface area contributed by atoms with Crippen molar-refractivity contribution in [2.24, 2.45) is 0 Å². The smallest absolute Gasteiger partial charge is 0.335 e. The molecule has 14 heavy (non-hydrogen) atoms. The molecule has 0 amide bonds. The predicted molar refractivity (Wildman–Crippen MR) is 68.6 cm³/mol. The molecule has 4 heteroatoms. The summed E-state index contributed by atoms with van der Waals surface area (Å²) in [5, 5.41) is 9.48. The van der Waals surface area contributed by atoms with E-state index in [9.17, 15) is 4.79 Å². The Morgan fingerprint density at radius 1 is 1.50 bits per heavy atom. The van der Waals surface area contributed by atoms with Crippen LogP contribution < -0.4 is 0 Å². The number of aromatic carboxylic acids is 1. The Morgan fingerprint density at radius 2 is 2.21 bits per heavy atom. The molecular formula is C10H10BrIO2. The van der Waals surface area contributed by atoms with Crippen LogP contribution in [0.4, 0.5) is 0 Å². The Labute approximate surface area is 105 Å². The number of hydrogen-bond acceptors (Lipinski definition) is 1. The number of aryl methyl sites for hydroxylation is 1. The molecule has 0 radical (unpaired) electrons. The van der Waals surface area contributed by atoms with Gasteiger partial charge < -0.3 is 5.11 Å². The van der Waals surface area contributed by atoms with Gasteiger partial charge in [0.25, 0.3) is 0 Å². The van der Waals surface area contributed by atoms with Gasteiger partial charge in [0.1, 0.15) is 0 Å². The number of carbonyl (C=O) groups is 1. The van der Waals surface area contributed by atoms with Crippen molar-refractivity contribution < 1.29 is 9.90 Å². The third kappa shape index (κ3) is 2.95. The minimum absolute atomic E-state index is 0.388.